The second kappa shape index (κ2) is 7.74. The Morgan fingerprint density at radius 2 is 1.85 bits per heavy atom. The molecule has 0 saturated heterocycles. The van der Waals surface area contributed by atoms with Crippen molar-refractivity contribution >= 4 is 23.5 Å². The highest BCUT2D eigenvalue weighted by atomic mass is 16.6. The Morgan fingerprint density at radius 1 is 1.12 bits per heavy atom. The minimum atomic E-state index is -0.283. The molecule has 134 valence electrons. The standard InChI is InChI=1S/C20H19NO5/c1-13(22)15-4-6-16(7-5-15)21-19(23)8-3-14-11-17(24-2)20-18(12-14)25-9-10-26-20/h3-8,11-12H,9-10H2,1-2H3,(H,21,23)/b8-3+. The number of hydrogen-bond donors (Lipinski definition) is 1. The van der Waals surface area contributed by atoms with Gasteiger partial charge in [0, 0.05) is 17.3 Å². The predicted octanol–water partition coefficient (Wildman–Crippen LogP) is 3.32. The molecule has 3 rings (SSSR count). The minimum Gasteiger partial charge on any atom is -0.493 e. The number of ether oxygens (including phenoxy) is 3. The van der Waals surface area contributed by atoms with E-state index in [-0.39, 0.29) is 11.7 Å². The van der Waals surface area contributed by atoms with Crippen molar-refractivity contribution in [1.82, 2.24) is 0 Å². The summed E-state index contributed by atoms with van der Waals surface area (Å²) in [5.41, 5.74) is 1.97. The van der Waals surface area contributed by atoms with Gasteiger partial charge in [-0.15, -0.1) is 0 Å². The molecule has 0 saturated carbocycles. The second-order valence-corrected chi connectivity index (χ2v) is 5.70. The Hall–Kier alpha value is -3.28. The van der Waals surface area contributed by atoms with Gasteiger partial charge < -0.3 is 19.5 Å². The summed E-state index contributed by atoms with van der Waals surface area (Å²) in [4.78, 5) is 23.4. The van der Waals surface area contributed by atoms with Crippen LogP contribution in [-0.2, 0) is 4.79 Å². The van der Waals surface area contributed by atoms with E-state index in [1.165, 1.54) is 13.0 Å². The van der Waals surface area contributed by atoms with Gasteiger partial charge in [0.25, 0.3) is 0 Å². The fraction of sp³-hybridized carbons (Fsp3) is 0.200. The zero-order chi connectivity index (χ0) is 18.5. The fourth-order valence-corrected chi connectivity index (χ4v) is 2.53. The summed E-state index contributed by atoms with van der Waals surface area (Å²) in [6.07, 6.45) is 3.09. The van der Waals surface area contributed by atoms with Crippen molar-refractivity contribution in [3.05, 3.63) is 53.6 Å². The van der Waals surface area contributed by atoms with Crippen LogP contribution in [0, 0.1) is 0 Å². The molecule has 1 aliphatic heterocycles. The number of ketones is 1. The van der Waals surface area contributed by atoms with Crippen LogP contribution < -0.4 is 19.5 Å². The van der Waals surface area contributed by atoms with Crippen LogP contribution in [0.15, 0.2) is 42.5 Å². The molecule has 0 atom stereocenters. The molecule has 1 amide bonds. The quantitative estimate of drug-likeness (QED) is 0.659. The topological polar surface area (TPSA) is 73.9 Å². The second-order valence-electron chi connectivity index (χ2n) is 5.70. The molecule has 2 aromatic rings. The molecule has 1 heterocycles. The van der Waals surface area contributed by atoms with Gasteiger partial charge >= 0.3 is 0 Å². The van der Waals surface area contributed by atoms with Gasteiger partial charge in [-0.25, -0.2) is 0 Å². The number of benzene rings is 2. The highest BCUT2D eigenvalue weighted by molar-refractivity contribution is 6.02. The molecule has 26 heavy (non-hydrogen) atoms. The van der Waals surface area contributed by atoms with Crippen LogP contribution in [0.25, 0.3) is 6.08 Å². The van der Waals surface area contributed by atoms with Crippen LogP contribution in [0.2, 0.25) is 0 Å². The largest absolute Gasteiger partial charge is 0.493 e. The molecule has 1 N–H and O–H groups in total. The number of nitrogens with one attached hydrogen (secondary N) is 1. The molecule has 0 bridgehead atoms. The third-order valence-corrected chi connectivity index (χ3v) is 3.84. The molecular weight excluding hydrogens is 334 g/mol. The van der Waals surface area contributed by atoms with Gasteiger partial charge in [0.2, 0.25) is 11.7 Å². The van der Waals surface area contributed by atoms with Crippen molar-refractivity contribution in [3.8, 4) is 17.2 Å². The lowest BCUT2D eigenvalue weighted by Crippen LogP contribution is -2.16. The molecule has 0 fully saturated rings. The third kappa shape index (κ3) is 4.03. The number of methoxy groups -OCH3 is 1. The van der Waals surface area contributed by atoms with E-state index in [4.69, 9.17) is 14.2 Å². The van der Waals surface area contributed by atoms with Gasteiger partial charge in [-0.1, -0.05) is 0 Å². The van der Waals surface area contributed by atoms with Gasteiger partial charge in [0.05, 0.1) is 7.11 Å². The van der Waals surface area contributed by atoms with Gasteiger partial charge in [-0.2, -0.15) is 0 Å². The Morgan fingerprint density at radius 3 is 2.54 bits per heavy atom. The summed E-state index contributed by atoms with van der Waals surface area (Å²) in [5.74, 6) is 1.42. The van der Waals surface area contributed by atoms with E-state index < -0.39 is 0 Å². The van der Waals surface area contributed by atoms with E-state index in [2.05, 4.69) is 5.32 Å². The normalized spacial score (nSPS) is 12.7. The number of hydrogen-bond acceptors (Lipinski definition) is 5. The zero-order valence-corrected chi connectivity index (χ0v) is 14.6. The first-order valence-corrected chi connectivity index (χ1v) is 8.14. The zero-order valence-electron chi connectivity index (χ0n) is 14.6. The maximum atomic E-state index is 12.1. The van der Waals surface area contributed by atoms with Crippen molar-refractivity contribution in [2.24, 2.45) is 0 Å². The molecule has 0 unspecified atom stereocenters. The first-order chi connectivity index (χ1) is 12.6. The van der Waals surface area contributed by atoms with Crippen LogP contribution in [-0.4, -0.2) is 32.0 Å². The monoisotopic (exact) mass is 353 g/mol. The highest BCUT2D eigenvalue weighted by Crippen LogP contribution is 2.40. The van der Waals surface area contributed by atoms with E-state index in [1.54, 1.807) is 49.6 Å². The first-order valence-electron chi connectivity index (χ1n) is 8.14. The lowest BCUT2D eigenvalue weighted by Gasteiger charge is -2.20. The Kier molecular flexibility index (Phi) is 5.22. The Labute approximate surface area is 151 Å². The summed E-state index contributed by atoms with van der Waals surface area (Å²) < 4.78 is 16.4. The van der Waals surface area contributed by atoms with E-state index >= 15 is 0 Å². The van der Waals surface area contributed by atoms with E-state index in [1.807, 2.05) is 0 Å². The van der Waals surface area contributed by atoms with Crippen molar-refractivity contribution in [2.75, 3.05) is 25.6 Å². The lowest BCUT2D eigenvalue weighted by atomic mass is 10.1. The average Bonchev–Trinajstić information content (AvgIpc) is 2.66. The molecule has 0 aliphatic carbocycles. The van der Waals surface area contributed by atoms with E-state index in [9.17, 15) is 9.59 Å². The third-order valence-electron chi connectivity index (χ3n) is 3.84. The van der Waals surface area contributed by atoms with Crippen molar-refractivity contribution in [2.45, 2.75) is 6.92 Å². The number of fused-ring (bicyclic) bond motifs is 1. The molecular formula is C20H19NO5. The van der Waals surface area contributed by atoms with Crippen LogP contribution in [0.4, 0.5) is 5.69 Å². The van der Waals surface area contributed by atoms with E-state index in [0.717, 1.165) is 5.56 Å². The summed E-state index contributed by atoms with van der Waals surface area (Å²) in [7, 11) is 1.55. The summed E-state index contributed by atoms with van der Waals surface area (Å²) in [5, 5.41) is 2.75. The summed E-state index contributed by atoms with van der Waals surface area (Å²) in [6, 6.07) is 10.3. The maximum Gasteiger partial charge on any atom is 0.248 e. The average molecular weight is 353 g/mol. The molecule has 1 aliphatic rings. The minimum absolute atomic E-state index is 0.0182. The van der Waals surface area contributed by atoms with Gasteiger partial charge in [0.1, 0.15) is 13.2 Å². The van der Waals surface area contributed by atoms with Crippen LogP contribution >= 0.6 is 0 Å². The van der Waals surface area contributed by atoms with Crippen LogP contribution in [0.3, 0.4) is 0 Å². The van der Waals surface area contributed by atoms with Crippen LogP contribution in [0.5, 0.6) is 17.2 Å². The Bertz CT molecular complexity index is 838. The number of rotatable bonds is 5. The van der Waals surface area contributed by atoms with Gasteiger partial charge in [-0.3, -0.25) is 9.59 Å². The SMILES string of the molecule is COc1cc(/C=C/C(=O)Nc2ccc(C(C)=O)cc2)cc2c1OCCO2. The number of anilines is 1. The smallest absolute Gasteiger partial charge is 0.248 e. The molecule has 2 aromatic carbocycles. The lowest BCUT2D eigenvalue weighted by molar-refractivity contribution is -0.111. The summed E-state index contributed by atoms with van der Waals surface area (Å²) in [6.45, 7) is 2.45. The van der Waals surface area contributed by atoms with Crippen molar-refractivity contribution < 1.29 is 23.8 Å². The summed E-state index contributed by atoms with van der Waals surface area (Å²) >= 11 is 0. The first kappa shape index (κ1) is 17.5. The fourth-order valence-electron chi connectivity index (χ4n) is 2.53. The molecule has 0 radical (unpaired) electrons. The molecule has 0 aromatic heterocycles. The van der Waals surface area contributed by atoms with Gasteiger partial charge in [0.15, 0.2) is 17.3 Å². The van der Waals surface area contributed by atoms with Gasteiger partial charge in [-0.05, 0) is 55.0 Å². The number of amides is 1. The maximum absolute atomic E-state index is 12.1. The van der Waals surface area contributed by atoms with Crippen LogP contribution in [0.1, 0.15) is 22.8 Å². The molecule has 0 spiro atoms. The van der Waals surface area contributed by atoms with Crippen molar-refractivity contribution in [3.63, 3.8) is 0 Å². The predicted molar refractivity (Wildman–Crippen MR) is 98.1 cm³/mol. The Balaban J connectivity index is 1.71. The molecule has 6 nitrogen and oxygen atoms in total. The number of carbonyl (C=O) groups is 2. The number of Topliss-reactive ketones (excluding diaryl/α,β-unsaturated/α-hetero) is 1. The van der Waals surface area contributed by atoms with Crippen molar-refractivity contribution in [1.29, 1.82) is 0 Å². The highest BCUT2D eigenvalue weighted by Gasteiger charge is 2.17. The number of carbonyl (C=O) groups excluding carboxylic acids is 2. The van der Waals surface area contributed by atoms with E-state index in [0.29, 0.717) is 41.7 Å². The molecule has 6 heteroatoms.